The van der Waals surface area contributed by atoms with Gasteiger partial charge in [-0.05, 0) is 25.1 Å². The summed E-state index contributed by atoms with van der Waals surface area (Å²) in [5, 5.41) is 2.79. The summed E-state index contributed by atoms with van der Waals surface area (Å²) in [6, 6.07) is 5.87. The SMILES string of the molecule is Cc1c(F)cccc1NC(=O)c1cnc(N)c(Cl)c1. The summed E-state index contributed by atoms with van der Waals surface area (Å²) in [4.78, 5) is 15.8. The van der Waals surface area contributed by atoms with E-state index in [1.165, 1.54) is 24.4 Å². The molecular formula is C13H11ClFN3O. The van der Waals surface area contributed by atoms with Gasteiger partial charge in [-0.25, -0.2) is 9.37 Å². The molecule has 2 aromatic rings. The third-order valence-electron chi connectivity index (χ3n) is 2.65. The fourth-order valence-electron chi connectivity index (χ4n) is 1.51. The number of halogens is 2. The van der Waals surface area contributed by atoms with Crippen molar-refractivity contribution in [2.45, 2.75) is 6.92 Å². The van der Waals surface area contributed by atoms with Crippen LogP contribution in [0.3, 0.4) is 0 Å². The van der Waals surface area contributed by atoms with Crippen molar-refractivity contribution in [3.63, 3.8) is 0 Å². The number of rotatable bonds is 2. The van der Waals surface area contributed by atoms with Crippen LogP contribution in [-0.2, 0) is 0 Å². The zero-order chi connectivity index (χ0) is 14.0. The highest BCUT2D eigenvalue weighted by Gasteiger charge is 2.11. The van der Waals surface area contributed by atoms with E-state index in [4.69, 9.17) is 17.3 Å². The van der Waals surface area contributed by atoms with Gasteiger partial charge in [0.25, 0.3) is 5.91 Å². The van der Waals surface area contributed by atoms with Crippen LogP contribution in [0.2, 0.25) is 5.02 Å². The molecule has 0 unspecified atom stereocenters. The minimum Gasteiger partial charge on any atom is -0.382 e. The van der Waals surface area contributed by atoms with E-state index in [9.17, 15) is 9.18 Å². The van der Waals surface area contributed by atoms with Gasteiger partial charge < -0.3 is 11.1 Å². The van der Waals surface area contributed by atoms with Gasteiger partial charge in [0.05, 0.1) is 10.6 Å². The van der Waals surface area contributed by atoms with Gasteiger partial charge in [-0.15, -0.1) is 0 Å². The number of nitrogens with one attached hydrogen (secondary N) is 1. The Bertz CT molecular complexity index is 646. The number of nitrogens with zero attached hydrogens (tertiary/aromatic N) is 1. The minimum absolute atomic E-state index is 0.153. The maximum Gasteiger partial charge on any atom is 0.257 e. The van der Waals surface area contributed by atoms with Crippen LogP contribution in [0.4, 0.5) is 15.9 Å². The number of amides is 1. The maximum atomic E-state index is 13.3. The molecule has 1 heterocycles. The molecule has 6 heteroatoms. The molecule has 0 saturated heterocycles. The topological polar surface area (TPSA) is 68.0 Å². The number of hydrogen-bond donors (Lipinski definition) is 2. The first kappa shape index (κ1) is 13.3. The van der Waals surface area contributed by atoms with Gasteiger partial charge in [0.1, 0.15) is 11.6 Å². The Morgan fingerprint density at radius 1 is 1.47 bits per heavy atom. The van der Waals surface area contributed by atoms with E-state index in [1.54, 1.807) is 13.0 Å². The van der Waals surface area contributed by atoms with Crippen LogP contribution in [0.1, 0.15) is 15.9 Å². The van der Waals surface area contributed by atoms with Crippen molar-refractivity contribution in [3.8, 4) is 0 Å². The maximum absolute atomic E-state index is 13.3. The normalized spacial score (nSPS) is 10.3. The fourth-order valence-corrected chi connectivity index (χ4v) is 1.68. The van der Waals surface area contributed by atoms with Crippen molar-refractivity contribution in [2.75, 3.05) is 11.1 Å². The zero-order valence-electron chi connectivity index (χ0n) is 10.1. The molecule has 3 N–H and O–H groups in total. The molecule has 2 rings (SSSR count). The third kappa shape index (κ3) is 2.82. The van der Waals surface area contributed by atoms with Crippen LogP contribution in [0, 0.1) is 12.7 Å². The number of pyridine rings is 1. The van der Waals surface area contributed by atoms with Crippen molar-refractivity contribution < 1.29 is 9.18 Å². The quantitative estimate of drug-likeness (QED) is 0.888. The van der Waals surface area contributed by atoms with Crippen LogP contribution in [0.5, 0.6) is 0 Å². The van der Waals surface area contributed by atoms with Gasteiger partial charge in [-0.3, -0.25) is 4.79 Å². The van der Waals surface area contributed by atoms with E-state index >= 15 is 0 Å². The van der Waals surface area contributed by atoms with Gasteiger partial charge >= 0.3 is 0 Å². The summed E-state index contributed by atoms with van der Waals surface area (Å²) >= 11 is 5.79. The molecule has 4 nitrogen and oxygen atoms in total. The Hall–Kier alpha value is -2.14. The molecular weight excluding hydrogens is 269 g/mol. The van der Waals surface area contributed by atoms with E-state index in [-0.39, 0.29) is 22.2 Å². The highest BCUT2D eigenvalue weighted by molar-refractivity contribution is 6.33. The summed E-state index contributed by atoms with van der Waals surface area (Å²) in [6.45, 7) is 1.58. The Kier molecular flexibility index (Phi) is 3.66. The lowest BCUT2D eigenvalue weighted by Crippen LogP contribution is -2.13. The molecule has 98 valence electrons. The highest BCUT2D eigenvalue weighted by atomic mass is 35.5. The largest absolute Gasteiger partial charge is 0.382 e. The molecule has 0 aliphatic carbocycles. The van der Waals surface area contributed by atoms with Crippen LogP contribution < -0.4 is 11.1 Å². The lowest BCUT2D eigenvalue weighted by molar-refractivity contribution is 0.102. The molecule has 1 aromatic heterocycles. The zero-order valence-corrected chi connectivity index (χ0v) is 10.8. The standard InChI is InChI=1S/C13H11ClFN3O/c1-7-10(15)3-2-4-11(7)18-13(19)8-5-9(14)12(16)17-6-8/h2-6H,1H3,(H2,16,17)(H,18,19). The smallest absolute Gasteiger partial charge is 0.257 e. The Morgan fingerprint density at radius 3 is 2.89 bits per heavy atom. The number of hydrogen-bond acceptors (Lipinski definition) is 3. The minimum atomic E-state index is -0.428. The first-order valence-electron chi connectivity index (χ1n) is 5.46. The lowest BCUT2D eigenvalue weighted by Gasteiger charge is -2.09. The molecule has 0 fully saturated rings. The monoisotopic (exact) mass is 279 g/mol. The van der Waals surface area contributed by atoms with Gasteiger partial charge in [0, 0.05) is 17.4 Å². The number of aromatic nitrogens is 1. The van der Waals surface area contributed by atoms with Crippen molar-refractivity contribution >= 4 is 29.0 Å². The summed E-state index contributed by atoms with van der Waals surface area (Å²) in [5.74, 6) is -0.658. The van der Waals surface area contributed by atoms with Crippen LogP contribution in [0.25, 0.3) is 0 Å². The predicted octanol–water partition coefficient (Wildman–Crippen LogP) is 3.02. The molecule has 1 amide bonds. The summed E-state index contributed by atoms with van der Waals surface area (Å²) in [6.07, 6.45) is 1.31. The van der Waals surface area contributed by atoms with Gasteiger partial charge in [-0.1, -0.05) is 17.7 Å². The summed E-state index contributed by atoms with van der Waals surface area (Å²) in [5.41, 5.74) is 6.48. The van der Waals surface area contributed by atoms with Crippen molar-refractivity contribution in [1.29, 1.82) is 0 Å². The Labute approximate surface area is 114 Å². The van der Waals surface area contributed by atoms with E-state index in [0.29, 0.717) is 11.3 Å². The number of anilines is 2. The molecule has 0 bridgehead atoms. The number of nitrogen functional groups attached to an aromatic ring is 1. The van der Waals surface area contributed by atoms with E-state index < -0.39 is 5.91 Å². The number of carbonyl (C=O) groups excluding carboxylic acids is 1. The number of carbonyl (C=O) groups is 1. The predicted molar refractivity (Wildman–Crippen MR) is 72.7 cm³/mol. The molecule has 0 spiro atoms. The first-order valence-corrected chi connectivity index (χ1v) is 5.84. The second-order valence-electron chi connectivity index (χ2n) is 3.96. The molecule has 0 aliphatic heterocycles. The van der Waals surface area contributed by atoms with Crippen molar-refractivity contribution in [2.24, 2.45) is 0 Å². The van der Waals surface area contributed by atoms with Crippen molar-refractivity contribution in [1.82, 2.24) is 4.98 Å². The van der Waals surface area contributed by atoms with Gasteiger partial charge in [0.2, 0.25) is 0 Å². The average Bonchev–Trinajstić information content (AvgIpc) is 2.38. The molecule has 0 radical (unpaired) electrons. The number of nitrogens with two attached hydrogens (primary N) is 1. The molecule has 0 aliphatic rings. The average molecular weight is 280 g/mol. The van der Waals surface area contributed by atoms with E-state index in [2.05, 4.69) is 10.3 Å². The van der Waals surface area contributed by atoms with Crippen LogP contribution in [-0.4, -0.2) is 10.9 Å². The van der Waals surface area contributed by atoms with E-state index in [0.717, 1.165) is 0 Å². The second kappa shape index (κ2) is 5.24. The Morgan fingerprint density at radius 2 is 2.21 bits per heavy atom. The lowest BCUT2D eigenvalue weighted by atomic mass is 10.1. The van der Waals surface area contributed by atoms with Crippen LogP contribution in [0.15, 0.2) is 30.5 Å². The molecule has 1 aromatic carbocycles. The molecule has 0 atom stereocenters. The summed E-state index contributed by atoms with van der Waals surface area (Å²) < 4.78 is 13.3. The third-order valence-corrected chi connectivity index (χ3v) is 2.95. The molecule has 19 heavy (non-hydrogen) atoms. The van der Waals surface area contributed by atoms with Gasteiger partial charge in [0.15, 0.2) is 0 Å². The second-order valence-corrected chi connectivity index (χ2v) is 4.36. The Balaban J connectivity index is 2.26. The van der Waals surface area contributed by atoms with E-state index in [1.807, 2.05) is 0 Å². The highest BCUT2D eigenvalue weighted by Crippen LogP contribution is 2.20. The fraction of sp³-hybridized carbons (Fsp3) is 0.0769. The summed E-state index contributed by atoms with van der Waals surface area (Å²) in [7, 11) is 0. The number of benzene rings is 1. The molecule has 0 saturated carbocycles. The van der Waals surface area contributed by atoms with Gasteiger partial charge in [-0.2, -0.15) is 0 Å². The van der Waals surface area contributed by atoms with Crippen LogP contribution >= 0.6 is 11.6 Å². The first-order chi connectivity index (χ1) is 8.99. The van der Waals surface area contributed by atoms with Crippen molar-refractivity contribution in [3.05, 3.63) is 52.4 Å².